The first-order valence-electron chi connectivity index (χ1n) is 11.2. The topological polar surface area (TPSA) is 34.1 Å². The molecule has 2 nitrogen and oxygen atoms in total. The van der Waals surface area contributed by atoms with Crippen molar-refractivity contribution < 1.29 is 9.59 Å². The fourth-order valence-electron chi connectivity index (χ4n) is 6.48. The summed E-state index contributed by atoms with van der Waals surface area (Å²) in [5, 5.41) is 0. The summed E-state index contributed by atoms with van der Waals surface area (Å²) in [6.45, 7) is 13.0. The third-order valence-corrected chi connectivity index (χ3v) is 7.94. The summed E-state index contributed by atoms with van der Waals surface area (Å²) >= 11 is 0. The molecule has 0 aromatic carbocycles. The van der Waals surface area contributed by atoms with Crippen molar-refractivity contribution in [3.05, 3.63) is 34.9 Å². The van der Waals surface area contributed by atoms with Crippen LogP contribution in [0, 0.1) is 34.0 Å². The molecule has 0 aromatic heterocycles. The molecule has 0 spiro atoms. The van der Waals surface area contributed by atoms with Crippen LogP contribution in [0.15, 0.2) is 34.9 Å². The van der Waals surface area contributed by atoms with Crippen LogP contribution in [0.5, 0.6) is 0 Å². The lowest BCUT2D eigenvalue weighted by atomic mass is 9.42. The molecule has 0 aliphatic heterocycles. The second-order valence-corrected chi connectivity index (χ2v) is 11.5. The number of hydrogen-bond acceptors (Lipinski definition) is 2. The van der Waals surface area contributed by atoms with E-state index in [0.29, 0.717) is 0 Å². The predicted octanol–water partition coefficient (Wildman–Crippen LogP) is 6.23. The summed E-state index contributed by atoms with van der Waals surface area (Å²) < 4.78 is 0. The number of carbonyl (C=O) groups is 2. The van der Waals surface area contributed by atoms with E-state index in [4.69, 9.17) is 0 Å². The first kappa shape index (κ1) is 19.9. The second-order valence-electron chi connectivity index (χ2n) is 11.5. The highest BCUT2D eigenvalue weighted by Gasteiger charge is 2.67. The smallest absolute Gasteiger partial charge is 0.210 e. The highest BCUT2D eigenvalue weighted by molar-refractivity contribution is 6.43. The fourth-order valence-corrected chi connectivity index (χ4v) is 6.48. The van der Waals surface area contributed by atoms with Crippen molar-refractivity contribution in [1.29, 1.82) is 0 Å². The number of hydrogen-bond donors (Lipinski definition) is 0. The Hall–Kier alpha value is -1.44. The van der Waals surface area contributed by atoms with Gasteiger partial charge in [0.15, 0.2) is 0 Å². The highest BCUT2D eigenvalue weighted by atomic mass is 16.2. The van der Waals surface area contributed by atoms with Crippen molar-refractivity contribution in [1.82, 2.24) is 0 Å². The van der Waals surface area contributed by atoms with Crippen LogP contribution in [0.1, 0.15) is 80.1 Å². The molecule has 5 rings (SSSR count). The van der Waals surface area contributed by atoms with Crippen molar-refractivity contribution in [3.63, 3.8) is 0 Å². The van der Waals surface area contributed by atoms with Gasteiger partial charge in [0.2, 0.25) is 11.6 Å². The Kier molecular flexibility index (Phi) is 4.45. The zero-order valence-corrected chi connectivity index (χ0v) is 18.5. The van der Waals surface area contributed by atoms with Crippen LogP contribution in [-0.4, -0.2) is 11.6 Å². The zero-order valence-electron chi connectivity index (χ0n) is 18.5. The molecular weight excluding hydrogens is 344 g/mol. The Morgan fingerprint density at radius 1 is 0.929 bits per heavy atom. The third-order valence-electron chi connectivity index (χ3n) is 7.94. The Balaban J connectivity index is 1.95. The zero-order chi connectivity index (χ0) is 20.5. The van der Waals surface area contributed by atoms with Crippen molar-refractivity contribution >= 4 is 11.6 Å². The molecule has 2 heteroatoms. The summed E-state index contributed by atoms with van der Waals surface area (Å²) in [7, 11) is 0. The number of Topliss-reactive ketones (excluding diaryl/α,β-unsaturated/α-hetero) is 2. The SMILES string of the molecule is CC(C)(C)C1=C[C@@]2(C(C)(C)C)C(=O)C(=O)[C@H]1[C@H]1C(=C3CCCCCC3)C=C[C@H]12. The van der Waals surface area contributed by atoms with E-state index in [2.05, 4.69) is 59.8 Å². The van der Waals surface area contributed by atoms with E-state index in [1.807, 2.05) is 0 Å². The van der Waals surface area contributed by atoms with Crippen LogP contribution in [0.3, 0.4) is 0 Å². The summed E-state index contributed by atoms with van der Waals surface area (Å²) in [5.74, 6) is -0.242. The monoisotopic (exact) mass is 380 g/mol. The molecule has 28 heavy (non-hydrogen) atoms. The molecule has 2 fully saturated rings. The number of allylic oxidation sites excluding steroid dienone is 6. The van der Waals surface area contributed by atoms with Gasteiger partial charge in [-0.15, -0.1) is 0 Å². The van der Waals surface area contributed by atoms with Gasteiger partial charge in [-0.1, -0.05) is 83.8 Å². The molecule has 0 radical (unpaired) electrons. The average Bonchev–Trinajstić information content (AvgIpc) is 2.86. The molecule has 2 bridgehead atoms. The lowest BCUT2D eigenvalue weighted by Crippen LogP contribution is -2.63. The second kappa shape index (κ2) is 6.28. The van der Waals surface area contributed by atoms with Crippen LogP contribution < -0.4 is 0 Å². The minimum absolute atomic E-state index is 0.107. The molecule has 2 saturated carbocycles. The van der Waals surface area contributed by atoms with Crippen molar-refractivity contribution in [3.8, 4) is 0 Å². The molecule has 4 atom stereocenters. The number of carbonyl (C=O) groups excluding carboxylic acids is 2. The van der Waals surface area contributed by atoms with Crippen LogP contribution in [0.4, 0.5) is 0 Å². The highest BCUT2D eigenvalue weighted by Crippen LogP contribution is 2.65. The normalized spacial score (nSPS) is 35.9. The Labute approximate surface area is 170 Å². The molecule has 0 aromatic rings. The van der Waals surface area contributed by atoms with E-state index in [0.717, 1.165) is 12.8 Å². The maximum atomic E-state index is 13.5. The summed E-state index contributed by atoms with van der Waals surface area (Å²) in [5.41, 5.74) is 3.05. The van der Waals surface area contributed by atoms with Gasteiger partial charge in [0.25, 0.3) is 0 Å². The van der Waals surface area contributed by atoms with Gasteiger partial charge in [-0.2, -0.15) is 0 Å². The molecule has 0 saturated heterocycles. The lowest BCUT2D eigenvalue weighted by Gasteiger charge is -2.58. The van der Waals surface area contributed by atoms with Crippen LogP contribution in [-0.2, 0) is 9.59 Å². The van der Waals surface area contributed by atoms with Crippen molar-refractivity contribution in [2.75, 3.05) is 0 Å². The van der Waals surface area contributed by atoms with Gasteiger partial charge < -0.3 is 0 Å². The van der Waals surface area contributed by atoms with Gasteiger partial charge in [-0.25, -0.2) is 0 Å². The fraction of sp³-hybridized carbons (Fsp3) is 0.692. The van der Waals surface area contributed by atoms with E-state index in [1.165, 1.54) is 36.8 Å². The molecule has 5 aliphatic carbocycles. The first-order chi connectivity index (χ1) is 13.0. The minimum atomic E-state index is -0.713. The third kappa shape index (κ3) is 2.59. The quantitative estimate of drug-likeness (QED) is 0.284. The number of ketones is 2. The molecule has 5 aliphatic rings. The van der Waals surface area contributed by atoms with Gasteiger partial charge in [-0.05, 0) is 42.1 Å². The summed E-state index contributed by atoms with van der Waals surface area (Å²) in [4.78, 5) is 27.0. The number of rotatable bonds is 0. The van der Waals surface area contributed by atoms with Gasteiger partial charge in [0.05, 0.1) is 11.3 Å². The van der Waals surface area contributed by atoms with Gasteiger partial charge in [0, 0.05) is 11.8 Å². The Morgan fingerprint density at radius 2 is 1.54 bits per heavy atom. The van der Waals surface area contributed by atoms with E-state index < -0.39 is 5.41 Å². The summed E-state index contributed by atoms with van der Waals surface area (Å²) in [6, 6.07) is 0. The Bertz CT molecular complexity index is 798. The maximum absolute atomic E-state index is 13.5. The van der Waals surface area contributed by atoms with E-state index in [1.54, 1.807) is 5.57 Å². The van der Waals surface area contributed by atoms with E-state index in [9.17, 15) is 9.59 Å². The molecule has 0 heterocycles. The molecule has 152 valence electrons. The van der Waals surface area contributed by atoms with Gasteiger partial charge in [0.1, 0.15) is 0 Å². The molecule has 0 N–H and O–H groups in total. The van der Waals surface area contributed by atoms with Gasteiger partial charge in [-0.3, -0.25) is 9.59 Å². The van der Waals surface area contributed by atoms with Crippen LogP contribution in [0.25, 0.3) is 0 Å². The maximum Gasteiger partial charge on any atom is 0.210 e. The van der Waals surface area contributed by atoms with E-state index in [-0.39, 0.29) is 40.2 Å². The summed E-state index contributed by atoms with van der Waals surface area (Å²) in [6.07, 6.45) is 14.3. The van der Waals surface area contributed by atoms with Crippen molar-refractivity contribution in [2.24, 2.45) is 34.0 Å². The van der Waals surface area contributed by atoms with E-state index >= 15 is 0 Å². The molecule has 0 amide bonds. The minimum Gasteiger partial charge on any atom is -0.290 e. The average molecular weight is 381 g/mol. The Morgan fingerprint density at radius 3 is 2.07 bits per heavy atom. The van der Waals surface area contributed by atoms with Crippen LogP contribution >= 0.6 is 0 Å². The standard InChI is InChI=1S/C26H36O2/c1-24(2,3)19-15-26(25(4,5)6)18-14-13-17(16-11-9-7-8-10-12-16)20(18)21(19)22(27)23(26)28/h13-15,18,20-21H,7-12H2,1-6H3/t18-,20+,21-,26+/m1/s1. The first-order valence-corrected chi connectivity index (χ1v) is 11.2. The lowest BCUT2D eigenvalue weighted by molar-refractivity contribution is -0.157. The predicted molar refractivity (Wildman–Crippen MR) is 114 cm³/mol. The molecule has 0 unspecified atom stereocenters. The largest absolute Gasteiger partial charge is 0.290 e. The number of fused-ring (bicyclic) bond motifs is 1. The van der Waals surface area contributed by atoms with Crippen LogP contribution in [0.2, 0.25) is 0 Å². The van der Waals surface area contributed by atoms with Gasteiger partial charge >= 0.3 is 0 Å². The molecular formula is C26H36O2. The van der Waals surface area contributed by atoms with Crippen molar-refractivity contribution in [2.45, 2.75) is 80.1 Å².